The van der Waals surface area contributed by atoms with Crippen LogP contribution in [0.1, 0.15) is 29.9 Å². The number of nitrogens with one attached hydrogen (secondary N) is 1. The van der Waals surface area contributed by atoms with Gasteiger partial charge in [0.1, 0.15) is 18.1 Å². The van der Waals surface area contributed by atoms with E-state index in [4.69, 9.17) is 4.52 Å². The fourth-order valence-electron chi connectivity index (χ4n) is 4.70. The minimum Gasteiger partial charge on any atom is -0.355 e. The van der Waals surface area contributed by atoms with E-state index >= 15 is 0 Å². The topological polar surface area (TPSA) is 113 Å². The molecule has 0 aliphatic carbocycles. The Morgan fingerprint density at radius 1 is 1.11 bits per heavy atom. The summed E-state index contributed by atoms with van der Waals surface area (Å²) in [7, 11) is -3.98. The Kier molecular flexibility index (Phi) is 6.65. The number of aromatic nitrogens is 1. The number of carbonyl (C=O) groups excluding carboxylic acids is 2. The van der Waals surface area contributed by atoms with Crippen LogP contribution in [0.15, 0.2) is 57.9 Å². The molecule has 0 saturated carbocycles. The van der Waals surface area contributed by atoms with Crippen LogP contribution in [0.4, 0.5) is 15.8 Å². The molecule has 2 aliphatic rings. The van der Waals surface area contributed by atoms with Gasteiger partial charge in [-0.3, -0.25) is 9.59 Å². The van der Waals surface area contributed by atoms with E-state index in [1.165, 1.54) is 34.3 Å². The van der Waals surface area contributed by atoms with E-state index in [1.807, 2.05) is 0 Å². The highest BCUT2D eigenvalue weighted by Gasteiger charge is 2.38. The van der Waals surface area contributed by atoms with E-state index in [2.05, 4.69) is 10.5 Å². The number of amides is 2. The summed E-state index contributed by atoms with van der Waals surface area (Å²) in [6, 6.07) is 13.2. The molecule has 2 aromatic carbocycles. The number of piperidine rings is 1. The van der Waals surface area contributed by atoms with Crippen LogP contribution in [-0.2, 0) is 19.6 Å². The first kappa shape index (κ1) is 24.8. The highest BCUT2D eigenvalue weighted by Crippen LogP contribution is 2.33. The zero-order valence-electron chi connectivity index (χ0n) is 20.1. The SMILES string of the molecule is Cc1noc(C=Cc2ccccc2F)c1S(=O)(=O)N1CCC(C(=O)N2CC(=O)Nc3ccccc32)CC1. The largest absolute Gasteiger partial charge is 0.355 e. The molecule has 1 saturated heterocycles. The molecule has 0 atom stereocenters. The molecule has 1 fully saturated rings. The van der Waals surface area contributed by atoms with Gasteiger partial charge in [0.25, 0.3) is 0 Å². The highest BCUT2D eigenvalue weighted by atomic mass is 32.2. The van der Waals surface area contributed by atoms with E-state index in [0.717, 1.165) is 0 Å². The number of anilines is 2. The van der Waals surface area contributed by atoms with Crippen molar-refractivity contribution >= 4 is 45.4 Å². The second kappa shape index (κ2) is 9.91. The van der Waals surface area contributed by atoms with E-state index in [-0.39, 0.29) is 53.4 Å². The molecular weight excluding hydrogens is 499 g/mol. The van der Waals surface area contributed by atoms with Crippen molar-refractivity contribution in [2.45, 2.75) is 24.7 Å². The van der Waals surface area contributed by atoms with Crippen LogP contribution >= 0.6 is 0 Å². The predicted octanol–water partition coefficient (Wildman–Crippen LogP) is 3.68. The van der Waals surface area contributed by atoms with Crippen LogP contribution in [0.25, 0.3) is 12.2 Å². The first-order valence-electron chi connectivity index (χ1n) is 11.8. The molecule has 9 nitrogen and oxygen atoms in total. The summed E-state index contributed by atoms with van der Waals surface area (Å²) in [4.78, 5) is 26.8. The quantitative estimate of drug-likeness (QED) is 0.545. The Morgan fingerprint density at radius 3 is 2.57 bits per heavy atom. The molecule has 2 amide bonds. The molecule has 5 rings (SSSR count). The number of sulfonamides is 1. The van der Waals surface area contributed by atoms with Gasteiger partial charge < -0.3 is 14.7 Å². The molecule has 2 aliphatic heterocycles. The monoisotopic (exact) mass is 524 g/mol. The number of halogens is 1. The number of nitrogens with zero attached hydrogens (tertiary/aromatic N) is 3. The third-order valence-electron chi connectivity index (χ3n) is 6.59. The number of hydrogen-bond donors (Lipinski definition) is 1. The molecule has 0 radical (unpaired) electrons. The number of para-hydroxylation sites is 2. The van der Waals surface area contributed by atoms with E-state index in [1.54, 1.807) is 42.5 Å². The van der Waals surface area contributed by atoms with Gasteiger partial charge in [0.2, 0.25) is 21.8 Å². The van der Waals surface area contributed by atoms with Crippen LogP contribution < -0.4 is 10.2 Å². The summed E-state index contributed by atoms with van der Waals surface area (Å²) < 4.78 is 47.6. The Labute approximate surface area is 213 Å². The number of benzene rings is 2. The average molecular weight is 525 g/mol. The lowest BCUT2D eigenvalue weighted by Gasteiger charge is -2.35. The van der Waals surface area contributed by atoms with Crippen molar-refractivity contribution in [2.24, 2.45) is 5.92 Å². The highest BCUT2D eigenvalue weighted by molar-refractivity contribution is 7.89. The fourth-order valence-corrected chi connectivity index (χ4v) is 6.42. The summed E-state index contributed by atoms with van der Waals surface area (Å²) in [5.74, 6) is -1.33. The zero-order chi connectivity index (χ0) is 26.2. The van der Waals surface area contributed by atoms with E-state index < -0.39 is 21.8 Å². The first-order chi connectivity index (χ1) is 17.8. The van der Waals surface area contributed by atoms with Crippen molar-refractivity contribution in [2.75, 3.05) is 29.9 Å². The van der Waals surface area contributed by atoms with Gasteiger partial charge in [0, 0.05) is 24.6 Å². The zero-order valence-corrected chi connectivity index (χ0v) is 20.9. The van der Waals surface area contributed by atoms with Gasteiger partial charge in [-0.15, -0.1) is 0 Å². The minimum absolute atomic E-state index is 0.00916. The van der Waals surface area contributed by atoms with Crippen LogP contribution in [0.5, 0.6) is 0 Å². The summed E-state index contributed by atoms with van der Waals surface area (Å²) >= 11 is 0. The molecular formula is C26H25FN4O5S. The fraction of sp³-hybridized carbons (Fsp3) is 0.269. The maximum Gasteiger partial charge on any atom is 0.248 e. The van der Waals surface area contributed by atoms with Crippen LogP contribution in [0.2, 0.25) is 0 Å². The number of rotatable bonds is 5. The molecule has 192 valence electrons. The average Bonchev–Trinajstić information content (AvgIpc) is 3.28. The lowest BCUT2D eigenvalue weighted by molar-refractivity contribution is -0.125. The van der Waals surface area contributed by atoms with Crippen molar-refractivity contribution in [1.29, 1.82) is 0 Å². The van der Waals surface area contributed by atoms with Gasteiger partial charge in [-0.1, -0.05) is 35.5 Å². The van der Waals surface area contributed by atoms with Gasteiger partial charge in [-0.05, 0) is 50.1 Å². The Balaban J connectivity index is 1.32. The van der Waals surface area contributed by atoms with Crippen LogP contribution in [0, 0.1) is 18.7 Å². The number of carbonyl (C=O) groups is 2. The van der Waals surface area contributed by atoms with Crippen molar-refractivity contribution in [3.63, 3.8) is 0 Å². The lowest BCUT2D eigenvalue weighted by Crippen LogP contribution is -2.48. The summed E-state index contributed by atoms with van der Waals surface area (Å²) in [5, 5.41) is 6.58. The smallest absolute Gasteiger partial charge is 0.248 e. The summed E-state index contributed by atoms with van der Waals surface area (Å²) in [5.41, 5.74) is 1.69. The molecule has 37 heavy (non-hydrogen) atoms. The summed E-state index contributed by atoms with van der Waals surface area (Å²) in [6.45, 7) is 1.71. The normalized spacial score (nSPS) is 17.1. The van der Waals surface area contributed by atoms with Crippen molar-refractivity contribution in [3.05, 3.63) is 71.4 Å². The molecule has 0 spiro atoms. The Morgan fingerprint density at radius 2 is 1.81 bits per heavy atom. The van der Waals surface area contributed by atoms with Gasteiger partial charge in [-0.25, -0.2) is 12.8 Å². The standard InChI is InChI=1S/C26H25FN4O5S/c1-17-25(23(36-29-17)11-10-18-6-2-3-7-20(18)27)37(34,35)30-14-12-19(13-15-30)26(33)31-16-24(32)28-21-8-4-5-9-22(21)31/h2-11,19H,12-16H2,1H3,(H,28,32). The number of hydrogen-bond acceptors (Lipinski definition) is 6. The molecule has 11 heteroatoms. The second-order valence-corrected chi connectivity index (χ2v) is 10.9. The Hall–Kier alpha value is -3.83. The number of fused-ring (bicyclic) bond motifs is 1. The van der Waals surface area contributed by atoms with Gasteiger partial charge >= 0.3 is 0 Å². The molecule has 3 heterocycles. The molecule has 0 unspecified atom stereocenters. The van der Waals surface area contributed by atoms with Crippen molar-refractivity contribution in [1.82, 2.24) is 9.46 Å². The maximum atomic E-state index is 14.0. The minimum atomic E-state index is -3.98. The molecule has 1 aromatic heterocycles. The summed E-state index contributed by atoms with van der Waals surface area (Å²) in [6.07, 6.45) is 3.44. The van der Waals surface area contributed by atoms with Gasteiger partial charge in [0.15, 0.2) is 10.7 Å². The van der Waals surface area contributed by atoms with Crippen LogP contribution in [-0.4, -0.2) is 49.3 Å². The predicted molar refractivity (Wildman–Crippen MR) is 135 cm³/mol. The Bertz CT molecular complexity index is 1490. The van der Waals surface area contributed by atoms with Gasteiger partial charge in [0.05, 0.1) is 11.4 Å². The number of aryl methyl sites for hydroxylation is 1. The first-order valence-corrected chi connectivity index (χ1v) is 13.3. The molecule has 0 bridgehead atoms. The second-order valence-electron chi connectivity index (χ2n) is 8.98. The molecule has 3 aromatic rings. The van der Waals surface area contributed by atoms with E-state index in [0.29, 0.717) is 24.2 Å². The third-order valence-corrected chi connectivity index (χ3v) is 8.65. The third kappa shape index (κ3) is 4.79. The van der Waals surface area contributed by atoms with Crippen molar-refractivity contribution < 1.29 is 26.9 Å². The maximum absolute atomic E-state index is 14.0. The molecule has 1 N–H and O–H groups in total. The van der Waals surface area contributed by atoms with Crippen molar-refractivity contribution in [3.8, 4) is 0 Å². The lowest BCUT2D eigenvalue weighted by atomic mass is 9.95. The van der Waals surface area contributed by atoms with E-state index in [9.17, 15) is 22.4 Å². The van der Waals surface area contributed by atoms with Crippen LogP contribution in [0.3, 0.4) is 0 Å². The van der Waals surface area contributed by atoms with Gasteiger partial charge in [-0.2, -0.15) is 4.31 Å².